The van der Waals surface area contributed by atoms with Crippen molar-refractivity contribution in [3.05, 3.63) is 94.0 Å². The topological polar surface area (TPSA) is 96.0 Å². The summed E-state index contributed by atoms with van der Waals surface area (Å²) in [5, 5.41) is 3.47. The second-order valence-electron chi connectivity index (χ2n) is 9.04. The molecule has 3 rings (SSSR count). The Hall–Kier alpha value is -3.27. The molecule has 0 spiro atoms. The summed E-state index contributed by atoms with van der Waals surface area (Å²) in [5.41, 5.74) is 1.70. The van der Waals surface area contributed by atoms with Crippen molar-refractivity contribution in [1.29, 1.82) is 0 Å². The number of para-hydroxylation sites is 2. The van der Waals surface area contributed by atoms with E-state index in [0.29, 0.717) is 34.5 Å². The zero-order valence-corrected chi connectivity index (χ0v) is 25.0. The highest BCUT2D eigenvalue weighted by Crippen LogP contribution is 2.30. The number of nitrogens with zero attached hydrogens (tertiary/aromatic N) is 2. The molecule has 0 aliphatic rings. The smallest absolute Gasteiger partial charge is 0.244 e. The molecule has 0 heterocycles. The Bertz CT molecular complexity index is 1420. The lowest BCUT2D eigenvalue weighted by atomic mass is 10.0. The lowest BCUT2D eigenvalue weighted by molar-refractivity contribution is -0.140. The number of ether oxygens (including phenoxy) is 1. The number of sulfonamides is 1. The first-order chi connectivity index (χ1) is 19.0. The molecule has 0 radical (unpaired) electrons. The number of carbonyl (C=O) groups excluding carboxylic acids is 2. The van der Waals surface area contributed by atoms with E-state index >= 15 is 0 Å². The van der Waals surface area contributed by atoms with Crippen LogP contribution in [0.2, 0.25) is 10.0 Å². The van der Waals surface area contributed by atoms with Crippen LogP contribution in [0.4, 0.5) is 5.69 Å². The van der Waals surface area contributed by atoms with Gasteiger partial charge in [-0.1, -0.05) is 71.7 Å². The molecule has 0 saturated heterocycles. The molecule has 0 aromatic heterocycles. The highest BCUT2D eigenvalue weighted by atomic mass is 35.5. The number of halogens is 2. The average molecular weight is 607 g/mol. The van der Waals surface area contributed by atoms with Crippen molar-refractivity contribution >= 4 is 50.7 Å². The molecule has 0 bridgehead atoms. The molecular formula is C29H33Cl2N3O5S. The molecule has 0 unspecified atom stereocenters. The number of anilines is 1. The van der Waals surface area contributed by atoms with Crippen molar-refractivity contribution in [2.45, 2.75) is 32.9 Å². The van der Waals surface area contributed by atoms with Gasteiger partial charge in [0, 0.05) is 19.5 Å². The van der Waals surface area contributed by atoms with Crippen LogP contribution in [-0.4, -0.2) is 57.1 Å². The van der Waals surface area contributed by atoms with Crippen LogP contribution in [0.25, 0.3) is 0 Å². The quantitative estimate of drug-likeness (QED) is 0.298. The largest absolute Gasteiger partial charge is 0.492 e. The molecule has 3 aromatic carbocycles. The predicted molar refractivity (Wildman–Crippen MR) is 159 cm³/mol. The van der Waals surface area contributed by atoms with Crippen molar-refractivity contribution in [3.8, 4) is 5.75 Å². The minimum Gasteiger partial charge on any atom is -0.492 e. The molecule has 214 valence electrons. The van der Waals surface area contributed by atoms with E-state index in [1.165, 1.54) is 4.90 Å². The van der Waals surface area contributed by atoms with Crippen LogP contribution < -0.4 is 14.4 Å². The molecule has 2 amide bonds. The van der Waals surface area contributed by atoms with Crippen molar-refractivity contribution < 1.29 is 22.7 Å². The van der Waals surface area contributed by atoms with Crippen molar-refractivity contribution in [1.82, 2.24) is 10.2 Å². The Morgan fingerprint density at radius 2 is 1.60 bits per heavy atom. The number of hydrogen-bond donors (Lipinski definition) is 1. The van der Waals surface area contributed by atoms with Crippen LogP contribution in [0.5, 0.6) is 5.75 Å². The third-order valence-corrected chi connectivity index (χ3v) is 7.94. The average Bonchev–Trinajstić information content (AvgIpc) is 2.92. The lowest BCUT2D eigenvalue weighted by Gasteiger charge is -2.33. The van der Waals surface area contributed by atoms with Gasteiger partial charge >= 0.3 is 0 Å². The van der Waals surface area contributed by atoms with E-state index in [-0.39, 0.29) is 24.6 Å². The maximum absolute atomic E-state index is 14.1. The molecule has 0 aliphatic carbocycles. The highest BCUT2D eigenvalue weighted by Gasteiger charge is 2.33. The third kappa shape index (κ3) is 8.36. The van der Waals surface area contributed by atoms with Gasteiger partial charge in [-0.15, -0.1) is 0 Å². The summed E-state index contributed by atoms with van der Waals surface area (Å²) < 4.78 is 32.6. The molecule has 1 N–H and O–H groups in total. The monoisotopic (exact) mass is 605 g/mol. The number of benzene rings is 3. The van der Waals surface area contributed by atoms with Gasteiger partial charge in [0.15, 0.2) is 0 Å². The molecule has 0 saturated carbocycles. The Labute approximate surface area is 245 Å². The molecule has 0 fully saturated rings. The van der Waals surface area contributed by atoms with Gasteiger partial charge in [0.05, 0.1) is 28.6 Å². The van der Waals surface area contributed by atoms with E-state index in [9.17, 15) is 18.0 Å². The van der Waals surface area contributed by atoms with E-state index in [1.807, 2.05) is 30.3 Å². The maximum atomic E-state index is 14.1. The Balaban J connectivity index is 2.08. The number of nitrogens with one attached hydrogen (secondary N) is 1. The normalized spacial score (nSPS) is 11.9. The fourth-order valence-electron chi connectivity index (χ4n) is 4.22. The van der Waals surface area contributed by atoms with Crippen LogP contribution >= 0.6 is 23.2 Å². The fourth-order valence-corrected chi connectivity index (χ4v) is 5.39. The van der Waals surface area contributed by atoms with Gasteiger partial charge in [-0.25, -0.2) is 8.42 Å². The molecule has 8 nitrogen and oxygen atoms in total. The number of carbonyl (C=O) groups is 2. The van der Waals surface area contributed by atoms with Crippen molar-refractivity contribution in [2.75, 3.05) is 30.3 Å². The number of rotatable bonds is 13. The maximum Gasteiger partial charge on any atom is 0.244 e. The summed E-state index contributed by atoms with van der Waals surface area (Å²) in [4.78, 5) is 28.9. The summed E-state index contributed by atoms with van der Waals surface area (Å²) in [6, 6.07) is 19.9. The van der Waals surface area contributed by atoms with Gasteiger partial charge < -0.3 is 15.0 Å². The summed E-state index contributed by atoms with van der Waals surface area (Å²) in [5.74, 6) is -0.612. The van der Waals surface area contributed by atoms with E-state index in [2.05, 4.69) is 5.32 Å². The Kier molecular flexibility index (Phi) is 11.2. The van der Waals surface area contributed by atoms with E-state index in [4.69, 9.17) is 27.9 Å². The zero-order valence-electron chi connectivity index (χ0n) is 22.6. The first kappa shape index (κ1) is 31.3. The molecular weight excluding hydrogens is 573 g/mol. The predicted octanol–water partition coefficient (Wildman–Crippen LogP) is 4.93. The van der Waals surface area contributed by atoms with Crippen LogP contribution in [0.3, 0.4) is 0 Å². The molecule has 40 heavy (non-hydrogen) atoms. The summed E-state index contributed by atoms with van der Waals surface area (Å²) >= 11 is 12.4. The van der Waals surface area contributed by atoms with Crippen LogP contribution in [0.1, 0.15) is 25.0 Å². The van der Waals surface area contributed by atoms with Crippen molar-refractivity contribution in [2.24, 2.45) is 0 Å². The second-order valence-corrected chi connectivity index (χ2v) is 11.8. The van der Waals surface area contributed by atoms with Gasteiger partial charge in [-0.3, -0.25) is 13.9 Å². The highest BCUT2D eigenvalue weighted by molar-refractivity contribution is 7.92. The first-order valence-electron chi connectivity index (χ1n) is 12.8. The number of amides is 2. The molecule has 1 atom stereocenters. The van der Waals surface area contributed by atoms with Crippen molar-refractivity contribution in [3.63, 3.8) is 0 Å². The van der Waals surface area contributed by atoms with Gasteiger partial charge in [0.1, 0.15) is 18.3 Å². The van der Waals surface area contributed by atoms with Crippen LogP contribution in [0.15, 0.2) is 72.8 Å². The molecule has 3 aromatic rings. The third-order valence-electron chi connectivity index (χ3n) is 6.07. The summed E-state index contributed by atoms with van der Waals surface area (Å²) in [6.45, 7) is 3.69. The lowest BCUT2D eigenvalue weighted by Crippen LogP contribution is -2.53. The van der Waals surface area contributed by atoms with Gasteiger partial charge in [-0.2, -0.15) is 0 Å². The second kappa shape index (κ2) is 14.4. The summed E-state index contributed by atoms with van der Waals surface area (Å²) in [6.07, 6.45) is 1.24. The van der Waals surface area contributed by atoms with Gasteiger partial charge in [-0.05, 0) is 49.2 Å². The first-order valence-corrected chi connectivity index (χ1v) is 15.4. The van der Waals surface area contributed by atoms with E-state index < -0.39 is 28.5 Å². The summed E-state index contributed by atoms with van der Waals surface area (Å²) in [7, 11) is -3.92. The Morgan fingerprint density at radius 3 is 2.23 bits per heavy atom. The minimum atomic E-state index is -3.92. The number of likely N-dealkylation sites (N-methyl/N-ethyl adjacent to an activating group) is 1. The zero-order chi connectivity index (χ0) is 29.3. The SMILES string of the molecule is CCNC(=O)[C@@H](Cc1ccccc1)N(Cc1ccc(Cl)c(Cl)c1)C(=O)CN(c1ccccc1OCC)S(C)(=O)=O. The Morgan fingerprint density at radius 1 is 0.925 bits per heavy atom. The molecule has 0 aliphatic heterocycles. The standard InChI is InChI=1S/C29H33Cl2N3O5S/c1-4-32-29(36)26(18-21-11-7-6-8-12-21)33(19-22-15-16-23(30)24(31)17-22)28(35)20-34(40(3,37)38)25-13-9-10-14-27(25)39-5-2/h6-17,26H,4-5,18-20H2,1-3H3,(H,32,36)/t26-/m1/s1. The van der Waals surface area contributed by atoms with E-state index in [1.54, 1.807) is 56.3 Å². The van der Waals surface area contributed by atoms with Crippen LogP contribution in [0, 0.1) is 0 Å². The van der Waals surface area contributed by atoms with E-state index in [0.717, 1.165) is 16.1 Å². The fraction of sp³-hybridized carbons (Fsp3) is 0.310. The number of hydrogen-bond acceptors (Lipinski definition) is 5. The van der Waals surface area contributed by atoms with Gasteiger partial charge in [0.2, 0.25) is 21.8 Å². The van der Waals surface area contributed by atoms with Gasteiger partial charge in [0.25, 0.3) is 0 Å². The minimum absolute atomic E-state index is 0.00490. The van der Waals surface area contributed by atoms with Crippen LogP contribution in [-0.2, 0) is 32.6 Å². The molecule has 11 heteroatoms.